The maximum Gasteiger partial charge on any atom is 0.233 e. The number of nitrogens with zero attached hydrogens (tertiary/aromatic N) is 3. The fourth-order valence-electron chi connectivity index (χ4n) is 3.64. The summed E-state index contributed by atoms with van der Waals surface area (Å²) < 4.78 is 5.23. The van der Waals surface area contributed by atoms with Crippen molar-refractivity contribution < 1.29 is 9.53 Å². The van der Waals surface area contributed by atoms with Crippen LogP contribution in [0, 0.1) is 0 Å². The van der Waals surface area contributed by atoms with Crippen molar-refractivity contribution in [3.05, 3.63) is 54.2 Å². The van der Waals surface area contributed by atoms with Crippen LogP contribution in [0.3, 0.4) is 0 Å². The summed E-state index contributed by atoms with van der Waals surface area (Å²) in [7, 11) is 1.66. The summed E-state index contributed by atoms with van der Waals surface area (Å²) in [6.45, 7) is 3.18. The van der Waals surface area contributed by atoms with Gasteiger partial charge in [0.1, 0.15) is 11.6 Å². The number of hydrogen-bond donors (Lipinski definition) is 0. The van der Waals surface area contributed by atoms with Crippen molar-refractivity contribution >= 4 is 11.7 Å². The van der Waals surface area contributed by atoms with E-state index in [1.807, 2.05) is 53.6 Å². The molecule has 2 fully saturated rings. The van der Waals surface area contributed by atoms with Crippen molar-refractivity contribution in [3.63, 3.8) is 0 Å². The molecule has 5 heteroatoms. The fraction of sp³-hybridized carbons (Fsp3) is 0.400. The monoisotopic (exact) mass is 337 g/mol. The van der Waals surface area contributed by atoms with Crippen LogP contribution < -0.4 is 9.64 Å². The van der Waals surface area contributed by atoms with Gasteiger partial charge in [0, 0.05) is 32.4 Å². The molecule has 2 aliphatic rings. The largest absolute Gasteiger partial charge is 0.497 e. The molecule has 0 bridgehead atoms. The second-order valence-electron chi connectivity index (χ2n) is 6.78. The van der Waals surface area contributed by atoms with Crippen LogP contribution in [-0.4, -0.2) is 49.1 Å². The summed E-state index contributed by atoms with van der Waals surface area (Å²) >= 11 is 0. The predicted molar refractivity (Wildman–Crippen MR) is 96.9 cm³/mol. The first-order valence-corrected chi connectivity index (χ1v) is 8.83. The highest BCUT2D eigenvalue weighted by Gasteiger charge is 2.53. The Bertz CT molecular complexity index is 733. The zero-order valence-corrected chi connectivity index (χ0v) is 14.5. The number of ether oxygens (including phenoxy) is 1. The molecule has 0 unspecified atom stereocenters. The summed E-state index contributed by atoms with van der Waals surface area (Å²) in [5, 5.41) is 0. The molecule has 0 atom stereocenters. The van der Waals surface area contributed by atoms with E-state index in [1.165, 1.54) is 0 Å². The first-order chi connectivity index (χ1) is 12.2. The highest BCUT2D eigenvalue weighted by Crippen LogP contribution is 2.50. The number of rotatable bonds is 4. The number of carbonyl (C=O) groups excluding carboxylic acids is 1. The summed E-state index contributed by atoms with van der Waals surface area (Å²) in [5.74, 6) is 2.10. The third-order valence-electron chi connectivity index (χ3n) is 5.34. The fourth-order valence-corrected chi connectivity index (χ4v) is 3.64. The van der Waals surface area contributed by atoms with E-state index in [0.717, 1.165) is 56.2 Å². The minimum atomic E-state index is -0.306. The average Bonchev–Trinajstić information content (AvgIpc) is 3.50. The smallest absolute Gasteiger partial charge is 0.233 e. The van der Waals surface area contributed by atoms with E-state index in [0.29, 0.717) is 0 Å². The van der Waals surface area contributed by atoms with E-state index < -0.39 is 0 Å². The molecule has 130 valence electrons. The maximum atomic E-state index is 13.1. The van der Waals surface area contributed by atoms with Crippen molar-refractivity contribution in [2.24, 2.45) is 0 Å². The minimum absolute atomic E-state index is 0.276. The number of aromatic nitrogens is 1. The van der Waals surface area contributed by atoms with Crippen molar-refractivity contribution in [1.82, 2.24) is 9.88 Å². The Morgan fingerprint density at radius 1 is 1.04 bits per heavy atom. The van der Waals surface area contributed by atoms with Crippen LogP contribution >= 0.6 is 0 Å². The molecular formula is C20H23N3O2. The van der Waals surface area contributed by atoms with Gasteiger partial charge in [-0.2, -0.15) is 0 Å². The van der Waals surface area contributed by atoms with Gasteiger partial charge in [0.05, 0.1) is 12.5 Å². The first kappa shape index (κ1) is 15.9. The number of amides is 1. The van der Waals surface area contributed by atoms with Gasteiger partial charge in [-0.1, -0.05) is 18.2 Å². The molecule has 0 radical (unpaired) electrons. The molecule has 0 spiro atoms. The number of hydrogen-bond acceptors (Lipinski definition) is 4. The molecule has 2 heterocycles. The SMILES string of the molecule is COc1ccc(C2(C(=O)N3CCN(c4ccccn4)CC3)CC2)cc1. The zero-order chi connectivity index (χ0) is 17.3. The van der Waals surface area contributed by atoms with Gasteiger partial charge >= 0.3 is 0 Å². The number of carbonyl (C=O) groups is 1. The molecule has 1 aliphatic carbocycles. The van der Waals surface area contributed by atoms with Gasteiger partial charge in [-0.25, -0.2) is 4.98 Å². The van der Waals surface area contributed by atoms with Crippen molar-refractivity contribution in [2.75, 3.05) is 38.2 Å². The van der Waals surface area contributed by atoms with Crippen LogP contribution in [0.2, 0.25) is 0 Å². The van der Waals surface area contributed by atoms with Crippen LogP contribution in [-0.2, 0) is 10.2 Å². The normalized spacial score (nSPS) is 18.8. The molecule has 0 N–H and O–H groups in total. The lowest BCUT2D eigenvalue weighted by Gasteiger charge is -2.37. The molecule has 1 saturated heterocycles. The number of benzene rings is 1. The van der Waals surface area contributed by atoms with E-state index >= 15 is 0 Å². The molecule has 1 aliphatic heterocycles. The Balaban J connectivity index is 1.43. The Hall–Kier alpha value is -2.56. The maximum absolute atomic E-state index is 13.1. The lowest BCUT2D eigenvalue weighted by atomic mass is 9.94. The average molecular weight is 337 g/mol. The molecule has 25 heavy (non-hydrogen) atoms. The second kappa shape index (κ2) is 6.39. The minimum Gasteiger partial charge on any atom is -0.497 e. The Morgan fingerprint density at radius 2 is 1.76 bits per heavy atom. The molecule has 1 aromatic carbocycles. The van der Waals surface area contributed by atoms with E-state index in [2.05, 4.69) is 9.88 Å². The molecule has 2 aromatic rings. The summed E-state index contributed by atoms with van der Waals surface area (Å²) in [6.07, 6.45) is 3.70. The summed E-state index contributed by atoms with van der Waals surface area (Å²) in [6, 6.07) is 13.9. The summed E-state index contributed by atoms with van der Waals surface area (Å²) in [5.41, 5.74) is 0.810. The Kier molecular flexibility index (Phi) is 4.07. The van der Waals surface area contributed by atoms with Crippen molar-refractivity contribution in [3.8, 4) is 5.75 Å². The molecule has 4 rings (SSSR count). The number of methoxy groups -OCH3 is 1. The molecule has 1 aromatic heterocycles. The van der Waals surface area contributed by atoms with Crippen molar-refractivity contribution in [1.29, 1.82) is 0 Å². The summed E-state index contributed by atoms with van der Waals surface area (Å²) in [4.78, 5) is 21.8. The van der Waals surface area contributed by atoms with Crippen LogP contribution in [0.15, 0.2) is 48.7 Å². The zero-order valence-electron chi connectivity index (χ0n) is 14.5. The molecular weight excluding hydrogens is 314 g/mol. The number of anilines is 1. The van der Waals surface area contributed by atoms with Crippen LogP contribution in [0.5, 0.6) is 5.75 Å². The van der Waals surface area contributed by atoms with E-state index in [4.69, 9.17) is 4.74 Å². The topological polar surface area (TPSA) is 45.7 Å². The van der Waals surface area contributed by atoms with Gasteiger partial charge in [0.15, 0.2) is 0 Å². The van der Waals surface area contributed by atoms with Gasteiger partial charge in [-0.3, -0.25) is 4.79 Å². The third kappa shape index (κ3) is 2.95. The van der Waals surface area contributed by atoms with Gasteiger partial charge in [-0.15, -0.1) is 0 Å². The lowest BCUT2D eigenvalue weighted by molar-refractivity contribution is -0.134. The van der Waals surface area contributed by atoms with Gasteiger partial charge in [0.25, 0.3) is 0 Å². The van der Waals surface area contributed by atoms with Gasteiger partial charge in [0.2, 0.25) is 5.91 Å². The van der Waals surface area contributed by atoms with E-state index in [1.54, 1.807) is 7.11 Å². The van der Waals surface area contributed by atoms with Crippen LogP contribution in [0.25, 0.3) is 0 Å². The van der Waals surface area contributed by atoms with Gasteiger partial charge < -0.3 is 14.5 Å². The molecule has 5 nitrogen and oxygen atoms in total. The lowest BCUT2D eigenvalue weighted by Crippen LogP contribution is -2.51. The second-order valence-corrected chi connectivity index (χ2v) is 6.78. The van der Waals surface area contributed by atoms with E-state index in [-0.39, 0.29) is 11.3 Å². The number of piperazine rings is 1. The highest BCUT2D eigenvalue weighted by molar-refractivity contribution is 5.91. The van der Waals surface area contributed by atoms with Crippen LogP contribution in [0.4, 0.5) is 5.82 Å². The standard InChI is InChI=1S/C20H23N3O2/c1-25-17-7-5-16(6-8-17)20(9-10-20)19(24)23-14-12-22(13-15-23)18-4-2-3-11-21-18/h2-8,11H,9-10,12-15H2,1H3. The highest BCUT2D eigenvalue weighted by atomic mass is 16.5. The quantitative estimate of drug-likeness (QED) is 0.860. The molecule has 1 saturated carbocycles. The first-order valence-electron chi connectivity index (χ1n) is 8.83. The Labute approximate surface area is 148 Å². The molecule has 1 amide bonds. The predicted octanol–water partition coefficient (Wildman–Crippen LogP) is 2.47. The Morgan fingerprint density at radius 3 is 2.32 bits per heavy atom. The third-order valence-corrected chi connectivity index (χ3v) is 5.34. The van der Waals surface area contributed by atoms with Gasteiger partial charge in [-0.05, 0) is 42.7 Å². The van der Waals surface area contributed by atoms with Crippen molar-refractivity contribution in [2.45, 2.75) is 18.3 Å². The number of pyridine rings is 1. The van der Waals surface area contributed by atoms with Crippen LogP contribution in [0.1, 0.15) is 18.4 Å². The van der Waals surface area contributed by atoms with E-state index in [9.17, 15) is 4.79 Å².